The number of nitrogens with one attached hydrogen (secondary N) is 1. The first-order valence-electron chi connectivity index (χ1n) is 4.99. The lowest BCUT2D eigenvalue weighted by molar-refractivity contribution is -0.137. The number of unbranched alkanes of at least 4 members (excludes halogenated alkanes) is 1. The second-order valence-corrected chi connectivity index (χ2v) is 4.64. The maximum absolute atomic E-state index is 10.2. The van der Waals surface area contributed by atoms with Crippen molar-refractivity contribution >= 4 is 22.4 Å². The Morgan fingerprint density at radius 2 is 2.20 bits per heavy atom. The van der Waals surface area contributed by atoms with Crippen LogP contribution in [0.15, 0.2) is 0 Å². The number of aliphatic carboxylic acids is 1. The van der Waals surface area contributed by atoms with E-state index in [0.29, 0.717) is 6.42 Å². The minimum Gasteiger partial charge on any atom is -0.481 e. The summed E-state index contributed by atoms with van der Waals surface area (Å²) in [5, 5.41) is 12.6. The zero-order valence-electron chi connectivity index (χ0n) is 9.04. The van der Waals surface area contributed by atoms with Gasteiger partial charge >= 0.3 is 5.97 Å². The zero-order valence-corrected chi connectivity index (χ0v) is 9.86. The minimum atomic E-state index is -0.726. The Hall–Kier alpha value is -1.10. The van der Waals surface area contributed by atoms with Crippen LogP contribution in [0.25, 0.3) is 0 Å². The van der Waals surface area contributed by atoms with E-state index < -0.39 is 5.97 Å². The Balaban J connectivity index is 2.18. The molecule has 15 heavy (non-hydrogen) atoms. The third kappa shape index (κ3) is 4.29. The standard InChI is InChI=1S/C10H16N2O2S/c1-7-8(2)15-10(12-7)11-6-4-3-5-9(13)14/h3-6H2,1-2H3,(H,11,12)(H,13,14). The third-order valence-corrected chi connectivity index (χ3v) is 3.15. The summed E-state index contributed by atoms with van der Waals surface area (Å²) in [7, 11) is 0. The van der Waals surface area contributed by atoms with Crippen LogP contribution < -0.4 is 5.32 Å². The number of aryl methyl sites for hydroxylation is 2. The van der Waals surface area contributed by atoms with Crippen molar-refractivity contribution in [1.82, 2.24) is 4.98 Å². The molecule has 0 saturated heterocycles. The van der Waals surface area contributed by atoms with Crippen LogP contribution in [0, 0.1) is 13.8 Å². The first-order chi connectivity index (χ1) is 7.09. The molecule has 0 unspecified atom stereocenters. The normalized spacial score (nSPS) is 10.3. The van der Waals surface area contributed by atoms with Crippen molar-refractivity contribution in [3.05, 3.63) is 10.6 Å². The smallest absolute Gasteiger partial charge is 0.303 e. The Morgan fingerprint density at radius 3 is 2.73 bits per heavy atom. The summed E-state index contributed by atoms with van der Waals surface area (Å²) in [4.78, 5) is 15.8. The second kappa shape index (κ2) is 5.70. The van der Waals surface area contributed by atoms with Gasteiger partial charge in [-0.1, -0.05) is 0 Å². The fraction of sp³-hybridized carbons (Fsp3) is 0.600. The lowest BCUT2D eigenvalue weighted by Crippen LogP contribution is -2.02. The van der Waals surface area contributed by atoms with Crippen LogP contribution >= 0.6 is 11.3 Å². The van der Waals surface area contributed by atoms with Crippen molar-refractivity contribution in [2.24, 2.45) is 0 Å². The van der Waals surface area contributed by atoms with Crippen LogP contribution in [0.3, 0.4) is 0 Å². The van der Waals surface area contributed by atoms with Crippen molar-refractivity contribution in [2.45, 2.75) is 33.1 Å². The molecule has 0 aliphatic rings. The quantitative estimate of drug-likeness (QED) is 0.734. The monoisotopic (exact) mass is 228 g/mol. The molecule has 1 aromatic heterocycles. The maximum Gasteiger partial charge on any atom is 0.303 e. The van der Waals surface area contributed by atoms with Crippen molar-refractivity contribution in [1.29, 1.82) is 0 Å². The third-order valence-electron chi connectivity index (χ3n) is 2.12. The van der Waals surface area contributed by atoms with Crippen LogP contribution in [0.2, 0.25) is 0 Å². The molecule has 0 radical (unpaired) electrons. The molecule has 4 nitrogen and oxygen atoms in total. The number of hydrogen-bond donors (Lipinski definition) is 2. The van der Waals surface area contributed by atoms with Crippen molar-refractivity contribution < 1.29 is 9.90 Å². The van der Waals surface area contributed by atoms with E-state index in [9.17, 15) is 4.79 Å². The molecular weight excluding hydrogens is 212 g/mol. The molecule has 0 amide bonds. The van der Waals surface area contributed by atoms with Gasteiger partial charge in [-0.15, -0.1) is 11.3 Å². The van der Waals surface area contributed by atoms with Gasteiger partial charge in [-0.25, -0.2) is 4.98 Å². The summed E-state index contributed by atoms with van der Waals surface area (Å²) in [6.45, 7) is 4.82. The van der Waals surface area contributed by atoms with Crippen LogP contribution in [-0.4, -0.2) is 22.6 Å². The summed E-state index contributed by atoms with van der Waals surface area (Å²) in [6, 6.07) is 0. The van der Waals surface area contributed by atoms with Crippen LogP contribution in [-0.2, 0) is 4.79 Å². The molecule has 84 valence electrons. The highest BCUT2D eigenvalue weighted by Gasteiger charge is 2.02. The van der Waals surface area contributed by atoms with E-state index in [4.69, 9.17) is 5.11 Å². The number of anilines is 1. The summed E-state index contributed by atoms with van der Waals surface area (Å²) in [5.41, 5.74) is 1.06. The van der Waals surface area contributed by atoms with Crippen molar-refractivity contribution in [3.8, 4) is 0 Å². The minimum absolute atomic E-state index is 0.248. The van der Waals surface area contributed by atoms with Gasteiger partial charge in [-0.2, -0.15) is 0 Å². The molecule has 0 aliphatic carbocycles. The van der Waals surface area contributed by atoms with E-state index >= 15 is 0 Å². The van der Waals surface area contributed by atoms with Gasteiger partial charge < -0.3 is 10.4 Å². The number of nitrogens with zero attached hydrogens (tertiary/aromatic N) is 1. The SMILES string of the molecule is Cc1nc(NCCCCC(=O)O)sc1C. The summed E-state index contributed by atoms with van der Waals surface area (Å²) < 4.78 is 0. The highest BCUT2D eigenvalue weighted by molar-refractivity contribution is 7.15. The van der Waals surface area contributed by atoms with E-state index in [-0.39, 0.29) is 6.42 Å². The molecule has 0 spiro atoms. The van der Waals surface area contributed by atoms with E-state index in [0.717, 1.165) is 23.8 Å². The fourth-order valence-corrected chi connectivity index (χ4v) is 1.99. The molecule has 5 heteroatoms. The van der Waals surface area contributed by atoms with Gasteiger partial charge in [0, 0.05) is 17.8 Å². The van der Waals surface area contributed by atoms with Crippen LogP contribution in [0.5, 0.6) is 0 Å². The Bertz CT molecular complexity index is 317. The van der Waals surface area contributed by atoms with Gasteiger partial charge in [0.25, 0.3) is 0 Å². The first kappa shape index (κ1) is 12.0. The summed E-state index contributed by atoms with van der Waals surface area (Å²) in [6.07, 6.45) is 1.83. The first-order valence-corrected chi connectivity index (χ1v) is 5.81. The average molecular weight is 228 g/mol. The van der Waals surface area contributed by atoms with E-state index in [1.165, 1.54) is 4.88 Å². The fourth-order valence-electron chi connectivity index (χ4n) is 1.14. The Labute approximate surface area is 93.4 Å². The molecular formula is C10H16N2O2S. The Morgan fingerprint density at radius 1 is 1.47 bits per heavy atom. The Kier molecular flexibility index (Phi) is 4.55. The predicted molar refractivity (Wildman–Crippen MR) is 61.6 cm³/mol. The second-order valence-electron chi connectivity index (χ2n) is 3.44. The highest BCUT2D eigenvalue weighted by atomic mass is 32.1. The highest BCUT2D eigenvalue weighted by Crippen LogP contribution is 2.20. The molecule has 0 fully saturated rings. The summed E-state index contributed by atoms with van der Waals surface area (Å²) >= 11 is 1.64. The predicted octanol–water partition coefficient (Wildman–Crippen LogP) is 2.43. The molecule has 2 N–H and O–H groups in total. The lowest BCUT2D eigenvalue weighted by atomic mass is 10.2. The molecule has 1 heterocycles. The van der Waals surface area contributed by atoms with E-state index in [1.807, 2.05) is 13.8 Å². The van der Waals surface area contributed by atoms with Crippen molar-refractivity contribution in [2.75, 3.05) is 11.9 Å². The topological polar surface area (TPSA) is 62.2 Å². The maximum atomic E-state index is 10.2. The molecule has 0 saturated carbocycles. The van der Waals surface area contributed by atoms with Gasteiger partial charge in [0.15, 0.2) is 5.13 Å². The largest absolute Gasteiger partial charge is 0.481 e. The molecule has 0 atom stereocenters. The van der Waals surface area contributed by atoms with Gasteiger partial charge in [-0.05, 0) is 26.7 Å². The molecule has 1 rings (SSSR count). The van der Waals surface area contributed by atoms with Gasteiger partial charge in [0.1, 0.15) is 0 Å². The number of rotatable bonds is 6. The number of aromatic nitrogens is 1. The van der Waals surface area contributed by atoms with Crippen LogP contribution in [0.1, 0.15) is 29.8 Å². The van der Waals surface area contributed by atoms with Gasteiger partial charge in [-0.3, -0.25) is 4.79 Å². The van der Waals surface area contributed by atoms with Crippen LogP contribution in [0.4, 0.5) is 5.13 Å². The zero-order chi connectivity index (χ0) is 11.3. The number of thiazole rings is 1. The number of hydrogen-bond acceptors (Lipinski definition) is 4. The lowest BCUT2D eigenvalue weighted by Gasteiger charge is -2.00. The number of carboxylic acids is 1. The molecule has 0 bridgehead atoms. The summed E-state index contributed by atoms with van der Waals surface area (Å²) in [5.74, 6) is -0.726. The number of carbonyl (C=O) groups is 1. The van der Waals surface area contributed by atoms with Gasteiger partial charge in [0.05, 0.1) is 5.69 Å². The van der Waals surface area contributed by atoms with Gasteiger partial charge in [0.2, 0.25) is 0 Å². The van der Waals surface area contributed by atoms with E-state index in [2.05, 4.69) is 10.3 Å². The molecule has 0 aromatic carbocycles. The molecule has 1 aromatic rings. The number of carboxylic acid groups (broad SMARTS) is 1. The van der Waals surface area contributed by atoms with E-state index in [1.54, 1.807) is 11.3 Å². The average Bonchev–Trinajstić information content (AvgIpc) is 2.45. The molecule has 0 aliphatic heterocycles. The van der Waals surface area contributed by atoms with Crippen molar-refractivity contribution in [3.63, 3.8) is 0 Å².